The predicted molar refractivity (Wildman–Crippen MR) is 236 cm³/mol. The van der Waals surface area contributed by atoms with Gasteiger partial charge in [0.05, 0.1) is 24.9 Å². The zero-order chi connectivity index (χ0) is 41.0. The van der Waals surface area contributed by atoms with Crippen molar-refractivity contribution in [1.29, 1.82) is 0 Å². The smallest absolute Gasteiger partial charge is 0.329 e. The van der Waals surface area contributed by atoms with E-state index in [1.165, 1.54) is 38.5 Å². The van der Waals surface area contributed by atoms with Crippen molar-refractivity contribution in [3.63, 3.8) is 0 Å². The molecule has 4 saturated heterocycles. The molecular weight excluding hydrogens is 768 g/mol. The second-order valence-corrected chi connectivity index (χ2v) is 15.5. The summed E-state index contributed by atoms with van der Waals surface area (Å²) in [6.07, 6.45) is 7.72. The van der Waals surface area contributed by atoms with Gasteiger partial charge in [-0.1, -0.05) is 54.8 Å². The molecule has 0 unspecified atom stereocenters. The van der Waals surface area contributed by atoms with Crippen molar-refractivity contribution in [2.24, 2.45) is 0 Å². The van der Waals surface area contributed by atoms with Crippen molar-refractivity contribution in [3.05, 3.63) is 96.0 Å². The summed E-state index contributed by atoms with van der Waals surface area (Å²) < 4.78 is 23.1. The van der Waals surface area contributed by atoms with Crippen molar-refractivity contribution in [2.45, 2.75) is 38.5 Å². The Bertz CT molecular complexity index is 1990. The molecule has 12 nitrogen and oxygen atoms in total. The summed E-state index contributed by atoms with van der Waals surface area (Å²) in [4.78, 5) is 38.0. The molecule has 0 atom stereocenters. The first-order valence-corrected chi connectivity index (χ1v) is 21.4. The van der Waals surface area contributed by atoms with Crippen molar-refractivity contribution < 1.29 is 28.5 Å². The lowest BCUT2D eigenvalue weighted by Gasteiger charge is -2.26. The third kappa shape index (κ3) is 10.5. The minimum Gasteiger partial charge on any atom is -0.493 e. The van der Waals surface area contributed by atoms with Crippen LogP contribution in [0.5, 0.6) is 23.0 Å². The molecule has 8 rings (SSSR count). The molecule has 4 aromatic rings. The molecule has 0 bridgehead atoms. The van der Waals surface area contributed by atoms with Gasteiger partial charge in [0.25, 0.3) is 0 Å². The quantitative estimate of drug-likeness (QED) is 0.125. The third-order valence-corrected chi connectivity index (χ3v) is 11.7. The fourth-order valence-electron chi connectivity index (χ4n) is 8.12. The number of piperidine rings is 2. The third-order valence-electron chi connectivity index (χ3n) is 11.4. The highest BCUT2D eigenvalue weighted by Crippen LogP contribution is 2.36. The van der Waals surface area contributed by atoms with Crippen molar-refractivity contribution in [2.75, 3.05) is 112 Å². The Morgan fingerprint density at radius 1 is 0.475 bits per heavy atom. The first-order chi connectivity index (χ1) is 28.9. The fourth-order valence-corrected chi connectivity index (χ4v) is 8.36. The predicted octanol–water partition coefficient (Wildman–Crippen LogP) is 8.67. The van der Waals surface area contributed by atoms with Gasteiger partial charge in [-0.2, -0.15) is 0 Å². The molecule has 4 heterocycles. The average Bonchev–Trinajstić information content (AvgIpc) is 3.86. The normalized spacial score (nSPS) is 17.5. The Balaban J connectivity index is 0.000000179. The summed E-state index contributed by atoms with van der Waals surface area (Å²) in [5.74, 6) is 2.72. The Labute approximate surface area is 353 Å². The van der Waals surface area contributed by atoms with Crippen LogP contribution >= 0.6 is 11.6 Å². The number of halogens is 1. The van der Waals surface area contributed by atoms with E-state index in [2.05, 4.69) is 9.80 Å². The van der Waals surface area contributed by atoms with Crippen LogP contribution in [0.4, 0.5) is 32.3 Å². The van der Waals surface area contributed by atoms with Crippen LogP contribution in [0.3, 0.4) is 0 Å². The Morgan fingerprint density at radius 3 is 1.41 bits per heavy atom. The summed E-state index contributed by atoms with van der Waals surface area (Å²) >= 11 is 6.30. The van der Waals surface area contributed by atoms with Crippen molar-refractivity contribution in [3.8, 4) is 23.0 Å². The van der Waals surface area contributed by atoms with Gasteiger partial charge in [-0.25, -0.2) is 9.59 Å². The summed E-state index contributed by atoms with van der Waals surface area (Å²) in [6.45, 7) is 10.1. The number of anilines is 4. The monoisotopic (exact) mass is 824 g/mol. The minimum atomic E-state index is -0.0902. The SMILES string of the molecule is COc1ccc(N2CCN(c3ccccc3)C2=O)cc1OCCN1CCCCC1.COc1ccc(N2CCN(c3ccccc3Cl)C2=O)cc1OCCN1CCCCC1. The van der Waals surface area contributed by atoms with Crippen LogP contribution in [0.1, 0.15) is 38.5 Å². The molecule has 4 aromatic carbocycles. The molecule has 0 spiro atoms. The van der Waals surface area contributed by atoms with E-state index in [0.29, 0.717) is 67.4 Å². The number of hydrogen-bond acceptors (Lipinski definition) is 8. The zero-order valence-corrected chi connectivity index (χ0v) is 35.2. The molecule has 0 N–H and O–H groups in total. The van der Waals surface area contributed by atoms with Gasteiger partial charge in [0.2, 0.25) is 0 Å². The molecular formula is C46H57ClN6O6. The summed E-state index contributed by atoms with van der Waals surface area (Å²) in [5.41, 5.74) is 3.29. The van der Waals surface area contributed by atoms with E-state index >= 15 is 0 Å². The number of nitrogens with zero attached hydrogens (tertiary/aromatic N) is 6. The molecule has 0 radical (unpaired) electrons. The maximum absolute atomic E-state index is 13.1. The number of hydrogen-bond donors (Lipinski definition) is 0. The number of ether oxygens (including phenoxy) is 4. The van der Waals surface area contributed by atoms with Crippen LogP contribution in [0.15, 0.2) is 91.0 Å². The highest BCUT2D eigenvalue weighted by atomic mass is 35.5. The number of para-hydroxylation sites is 2. The van der Waals surface area contributed by atoms with Gasteiger partial charge in [-0.15, -0.1) is 0 Å². The Morgan fingerprint density at radius 2 is 0.915 bits per heavy atom. The van der Waals surface area contributed by atoms with Gasteiger partial charge in [0.1, 0.15) is 13.2 Å². The van der Waals surface area contributed by atoms with E-state index < -0.39 is 0 Å². The van der Waals surface area contributed by atoms with Gasteiger partial charge in [0.15, 0.2) is 23.0 Å². The van der Waals surface area contributed by atoms with Crippen LogP contribution in [-0.4, -0.2) is 115 Å². The van der Waals surface area contributed by atoms with E-state index in [4.69, 9.17) is 30.5 Å². The molecule has 0 aromatic heterocycles. The van der Waals surface area contributed by atoms with Gasteiger partial charge in [0, 0.05) is 68.5 Å². The number of urea groups is 2. The number of benzene rings is 4. The maximum Gasteiger partial charge on any atom is 0.329 e. The number of rotatable bonds is 14. The number of amides is 4. The molecule has 314 valence electrons. The molecule has 4 fully saturated rings. The van der Waals surface area contributed by atoms with Gasteiger partial charge >= 0.3 is 12.1 Å². The van der Waals surface area contributed by atoms with E-state index in [1.807, 2.05) is 84.9 Å². The molecule has 59 heavy (non-hydrogen) atoms. The lowest BCUT2D eigenvalue weighted by molar-refractivity contribution is 0.180. The molecule has 13 heteroatoms. The topological polar surface area (TPSA) is 90.5 Å². The van der Waals surface area contributed by atoms with Gasteiger partial charge < -0.3 is 18.9 Å². The van der Waals surface area contributed by atoms with Crippen LogP contribution in [0.2, 0.25) is 5.02 Å². The molecule has 4 aliphatic heterocycles. The van der Waals surface area contributed by atoms with E-state index in [0.717, 1.165) is 62.0 Å². The maximum atomic E-state index is 13.1. The standard InChI is InChI=1S/C23H28ClN3O3.C23H29N3O3/c1-29-21-10-9-18(17-22(21)30-16-15-25-11-5-2-6-12-25)26-13-14-27(23(26)28)20-8-4-3-7-19(20)24;1-28-21-11-10-20(18-22(21)29-17-16-24-12-6-3-7-13-24)26-15-14-25(23(26)27)19-8-4-2-5-9-19/h3-4,7-10,17H,2,5-6,11-16H2,1H3;2,4-5,8-11,18H,3,6-7,12-17H2,1H3. The Hall–Kier alpha value is -5.17. The van der Waals surface area contributed by atoms with Gasteiger partial charge in [-0.05, 0) is 100 Å². The number of carbonyl (C=O) groups excluding carboxylic acids is 2. The van der Waals surface area contributed by atoms with Crippen LogP contribution in [-0.2, 0) is 0 Å². The lowest BCUT2D eigenvalue weighted by Crippen LogP contribution is -2.33. The highest BCUT2D eigenvalue weighted by molar-refractivity contribution is 6.34. The van der Waals surface area contributed by atoms with Crippen molar-refractivity contribution in [1.82, 2.24) is 9.80 Å². The number of methoxy groups -OCH3 is 2. The highest BCUT2D eigenvalue weighted by Gasteiger charge is 2.33. The molecule has 0 saturated carbocycles. The zero-order valence-electron chi connectivity index (χ0n) is 34.4. The largest absolute Gasteiger partial charge is 0.493 e. The summed E-state index contributed by atoms with van der Waals surface area (Å²) in [6, 6.07) is 28.5. The van der Waals surface area contributed by atoms with Crippen LogP contribution in [0, 0.1) is 0 Å². The number of carbonyl (C=O) groups is 2. The molecule has 4 aliphatic rings. The second kappa shape index (κ2) is 20.7. The van der Waals surface area contributed by atoms with Crippen LogP contribution < -0.4 is 38.5 Å². The summed E-state index contributed by atoms with van der Waals surface area (Å²) in [5, 5.41) is 0.573. The lowest BCUT2D eigenvalue weighted by atomic mass is 10.1. The summed E-state index contributed by atoms with van der Waals surface area (Å²) in [7, 11) is 3.28. The fraction of sp³-hybridized carbons (Fsp3) is 0.435. The molecule has 4 amide bonds. The first kappa shape index (κ1) is 42.0. The van der Waals surface area contributed by atoms with E-state index in [1.54, 1.807) is 39.9 Å². The Kier molecular flexibility index (Phi) is 14.7. The molecule has 0 aliphatic carbocycles. The van der Waals surface area contributed by atoms with Crippen LogP contribution in [0.25, 0.3) is 0 Å². The van der Waals surface area contributed by atoms with E-state index in [-0.39, 0.29) is 12.1 Å². The first-order valence-electron chi connectivity index (χ1n) is 21.0. The van der Waals surface area contributed by atoms with E-state index in [9.17, 15) is 9.59 Å². The number of likely N-dealkylation sites (tertiary alicyclic amines) is 2. The van der Waals surface area contributed by atoms with Gasteiger partial charge in [-0.3, -0.25) is 29.4 Å². The average molecular weight is 825 g/mol. The second-order valence-electron chi connectivity index (χ2n) is 15.1. The minimum absolute atomic E-state index is 0.0133. The van der Waals surface area contributed by atoms with Crippen molar-refractivity contribution >= 4 is 46.4 Å².